The van der Waals surface area contributed by atoms with Crippen molar-refractivity contribution in [2.24, 2.45) is 17.6 Å². The van der Waals surface area contributed by atoms with Gasteiger partial charge in [0.05, 0.1) is 0 Å². The van der Waals surface area contributed by atoms with Gasteiger partial charge < -0.3 is 15.5 Å². The lowest BCUT2D eigenvalue weighted by Crippen LogP contribution is -2.41. The summed E-state index contributed by atoms with van der Waals surface area (Å²) in [7, 11) is 0. The number of aryl methyl sites for hydroxylation is 1. The Balaban J connectivity index is 1.27. The minimum absolute atomic E-state index is 0.0714. The summed E-state index contributed by atoms with van der Waals surface area (Å²) < 4.78 is 13.9. The molecule has 0 spiro atoms. The fraction of sp³-hybridized carbons (Fsp3) is 0.516. The first kappa shape index (κ1) is 26.4. The lowest BCUT2D eigenvalue weighted by atomic mass is 9.90. The fourth-order valence-corrected chi connectivity index (χ4v) is 5.65. The second kappa shape index (κ2) is 11.6. The Hall–Kier alpha value is -2.66. The number of halogens is 1. The monoisotopic (exact) mass is 491 g/mol. The van der Waals surface area contributed by atoms with Gasteiger partial charge in [0.15, 0.2) is 0 Å². The van der Waals surface area contributed by atoms with E-state index in [2.05, 4.69) is 35.7 Å². The number of amides is 1. The van der Waals surface area contributed by atoms with Crippen molar-refractivity contribution in [1.29, 1.82) is 0 Å². The van der Waals surface area contributed by atoms with Gasteiger partial charge in [-0.15, -0.1) is 0 Å². The number of benzene rings is 2. The summed E-state index contributed by atoms with van der Waals surface area (Å²) in [6.45, 7) is 11.2. The molecule has 1 atom stereocenters. The third-order valence-electron chi connectivity index (χ3n) is 7.80. The minimum atomic E-state index is -1.11. The summed E-state index contributed by atoms with van der Waals surface area (Å²) in [6.07, 6.45) is 6.58. The number of carbonyl (C=O) groups excluding carboxylic acids is 1. The largest absolute Gasteiger partial charge is 0.402 e. The van der Waals surface area contributed by atoms with Crippen molar-refractivity contribution in [3.05, 3.63) is 71.9 Å². The van der Waals surface area contributed by atoms with Crippen molar-refractivity contribution < 1.29 is 9.18 Å². The van der Waals surface area contributed by atoms with Crippen LogP contribution in [0.1, 0.15) is 61.9 Å². The molecule has 2 heterocycles. The fourth-order valence-electron chi connectivity index (χ4n) is 5.65. The first-order valence-electron chi connectivity index (χ1n) is 13.5. The zero-order chi connectivity index (χ0) is 25.7. The third-order valence-corrected chi connectivity index (χ3v) is 7.80. The summed E-state index contributed by atoms with van der Waals surface area (Å²) in [4.78, 5) is 17.2. The third kappa shape index (κ3) is 7.19. The van der Waals surface area contributed by atoms with Crippen molar-refractivity contribution in [1.82, 2.24) is 9.80 Å². The molecule has 2 aliphatic heterocycles. The molecule has 2 aromatic carbocycles. The zero-order valence-corrected chi connectivity index (χ0v) is 22.0. The van der Waals surface area contributed by atoms with Gasteiger partial charge in [0.1, 0.15) is 5.67 Å². The highest BCUT2D eigenvalue weighted by molar-refractivity contribution is 5.94. The van der Waals surface area contributed by atoms with Crippen molar-refractivity contribution >= 4 is 5.91 Å². The van der Waals surface area contributed by atoms with Crippen LogP contribution >= 0.6 is 0 Å². The van der Waals surface area contributed by atoms with Crippen molar-refractivity contribution in [2.75, 3.05) is 32.7 Å². The van der Waals surface area contributed by atoms with E-state index in [-0.39, 0.29) is 11.8 Å². The van der Waals surface area contributed by atoms with Gasteiger partial charge in [-0.1, -0.05) is 43.0 Å². The van der Waals surface area contributed by atoms with E-state index in [4.69, 9.17) is 5.73 Å². The smallest absolute Gasteiger partial charge is 0.253 e. The molecule has 4 rings (SSSR count). The molecule has 4 nitrogen and oxygen atoms in total. The molecule has 0 radical (unpaired) electrons. The summed E-state index contributed by atoms with van der Waals surface area (Å²) in [5, 5.41) is 0. The van der Waals surface area contributed by atoms with E-state index in [1.54, 1.807) is 13.8 Å². The number of alkyl halides is 1. The standard InChI is InChI=1S/C31H42FN3O/c1-23(33)29-5-4-18-35(21-29)30(36)28-14-12-27(13-15-28)26-10-8-24(9-11-26)6-7-25-16-19-34(20-17-25)22-31(2,3)32/h8-15,25,29H,1,4-7,16-22,33H2,2-3H3. The van der Waals surface area contributed by atoms with E-state index in [0.717, 1.165) is 74.3 Å². The van der Waals surface area contributed by atoms with Crippen LogP contribution in [-0.2, 0) is 6.42 Å². The van der Waals surface area contributed by atoms with E-state index < -0.39 is 5.67 Å². The first-order chi connectivity index (χ1) is 17.2. The van der Waals surface area contributed by atoms with Crippen LogP contribution in [0, 0.1) is 11.8 Å². The average molecular weight is 492 g/mol. The van der Waals surface area contributed by atoms with Crippen LogP contribution in [0.4, 0.5) is 4.39 Å². The minimum Gasteiger partial charge on any atom is -0.402 e. The van der Waals surface area contributed by atoms with Crippen LogP contribution in [0.5, 0.6) is 0 Å². The molecule has 36 heavy (non-hydrogen) atoms. The predicted molar refractivity (Wildman–Crippen MR) is 147 cm³/mol. The Morgan fingerprint density at radius 2 is 1.61 bits per heavy atom. The van der Waals surface area contributed by atoms with Gasteiger partial charge in [-0.2, -0.15) is 0 Å². The Labute approximate surface area is 216 Å². The van der Waals surface area contributed by atoms with Crippen LogP contribution in [0.25, 0.3) is 11.1 Å². The van der Waals surface area contributed by atoms with E-state index in [1.165, 1.54) is 12.0 Å². The summed E-state index contributed by atoms with van der Waals surface area (Å²) in [5.41, 5.74) is 9.83. The Kier molecular flexibility index (Phi) is 8.50. The molecule has 0 aliphatic carbocycles. The second-order valence-electron chi connectivity index (χ2n) is 11.4. The zero-order valence-electron chi connectivity index (χ0n) is 22.0. The van der Waals surface area contributed by atoms with Gasteiger partial charge >= 0.3 is 0 Å². The molecule has 1 unspecified atom stereocenters. The number of rotatable bonds is 8. The summed E-state index contributed by atoms with van der Waals surface area (Å²) in [6, 6.07) is 16.8. The van der Waals surface area contributed by atoms with Crippen molar-refractivity contribution in [3.8, 4) is 11.1 Å². The molecule has 2 saturated heterocycles. The molecule has 5 heteroatoms. The number of hydrogen-bond donors (Lipinski definition) is 1. The van der Waals surface area contributed by atoms with Gasteiger partial charge in [0, 0.05) is 36.8 Å². The summed E-state index contributed by atoms with van der Waals surface area (Å²) >= 11 is 0. The molecule has 0 aromatic heterocycles. The Morgan fingerprint density at radius 1 is 1.00 bits per heavy atom. The average Bonchev–Trinajstić information content (AvgIpc) is 2.87. The van der Waals surface area contributed by atoms with E-state index in [1.807, 2.05) is 29.2 Å². The maximum atomic E-state index is 13.9. The molecule has 2 aliphatic rings. The van der Waals surface area contributed by atoms with E-state index in [9.17, 15) is 9.18 Å². The highest BCUT2D eigenvalue weighted by Crippen LogP contribution is 2.27. The van der Waals surface area contributed by atoms with Gasteiger partial charge in [-0.05, 0) is 100 Å². The predicted octanol–water partition coefficient (Wildman–Crippen LogP) is 6.07. The number of carbonyl (C=O) groups is 1. The lowest BCUT2D eigenvalue weighted by Gasteiger charge is -2.34. The summed E-state index contributed by atoms with van der Waals surface area (Å²) in [5.74, 6) is 0.996. The molecule has 2 aromatic rings. The number of likely N-dealkylation sites (tertiary alicyclic amines) is 2. The molecular weight excluding hydrogens is 449 g/mol. The quantitative estimate of drug-likeness (QED) is 0.488. The normalized spacial score (nSPS) is 19.9. The molecule has 194 valence electrons. The molecule has 1 amide bonds. The molecule has 2 fully saturated rings. The number of piperidine rings is 2. The lowest BCUT2D eigenvalue weighted by molar-refractivity contribution is 0.0691. The maximum absolute atomic E-state index is 13.9. The van der Waals surface area contributed by atoms with Gasteiger partial charge in [-0.3, -0.25) is 4.79 Å². The van der Waals surface area contributed by atoms with Crippen molar-refractivity contribution in [3.63, 3.8) is 0 Å². The van der Waals surface area contributed by atoms with E-state index in [0.29, 0.717) is 18.8 Å². The number of hydrogen-bond acceptors (Lipinski definition) is 3. The van der Waals surface area contributed by atoms with Crippen LogP contribution in [0.15, 0.2) is 60.8 Å². The number of nitrogens with zero attached hydrogens (tertiary/aromatic N) is 2. The SMILES string of the molecule is C=C(N)C1CCCN(C(=O)c2ccc(-c3ccc(CCC4CCN(CC(C)(C)F)CC4)cc3)cc2)C1. The van der Waals surface area contributed by atoms with Gasteiger partial charge in [0.2, 0.25) is 0 Å². The molecular formula is C31H42FN3O. The highest BCUT2D eigenvalue weighted by Gasteiger charge is 2.26. The Morgan fingerprint density at radius 3 is 2.19 bits per heavy atom. The van der Waals surface area contributed by atoms with E-state index >= 15 is 0 Å². The van der Waals surface area contributed by atoms with Crippen LogP contribution in [0.3, 0.4) is 0 Å². The van der Waals surface area contributed by atoms with Gasteiger partial charge in [0.25, 0.3) is 5.91 Å². The molecule has 0 saturated carbocycles. The van der Waals surface area contributed by atoms with Crippen molar-refractivity contribution in [2.45, 2.75) is 58.0 Å². The highest BCUT2D eigenvalue weighted by atomic mass is 19.1. The molecule has 2 N–H and O–H groups in total. The first-order valence-corrected chi connectivity index (χ1v) is 13.5. The Bertz CT molecular complexity index is 1020. The topological polar surface area (TPSA) is 49.6 Å². The van der Waals surface area contributed by atoms with Crippen LogP contribution < -0.4 is 5.73 Å². The second-order valence-corrected chi connectivity index (χ2v) is 11.4. The van der Waals surface area contributed by atoms with Gasteiger partial charge in [-0.25, -0.2) is 4.39 Å². The number of nitrogens with two attached hydrogens (primary N) is 1. The van der Waals surface area contributed by atoms with Crippen LogP contribution in [-0.4, -0.2) is 54.1 Å². The van der Waals surface area contributed by atoms with Crippen LogP contribution in [0.2, 0.25) is 0 Å². The molecule has 0 bridgehead atoms. The maximum Gasteiger partial charge on any atom is 0.253 e.